The second-order valence-electron chi connectivity index (χ2n) is 6.64. The van der Waals surface area contributed by atoms with Crippen molar-refractivity contribution in [2.45, 2.75) is 51.9 Å². The van der Waals surface area contributed by atoms with E-state index in [-0.39, 0.29) is 5.69 Å². The highest BCUT2D eigenvalue weighted by Crippen LogP contribution is 2.20. The summed E-state index contributed by atoms with van der Waals surface area (Å²) in [6, 6.07) is 11.0. The van der Waals surface area contributed by atoms with Crippen LogP contribution in [0.15, 0.2) is 42.5 Å². The smallest absolute Gasteiger partial charge is 0.340 e. The molecule has 0 unspecified atom stereocenters. The molecular formula is C22H26FNO3. The lowest BCUT2D eigenvalue weighted by atomic mass is 10.0. The molecule has 144 valence electrons. The number of unbranched alkanes of at least 4 members (excludes halogenated alkanes) is 5. The molecular weight excluding hydrogens is 345 g/mol. The number of aryl methyl sites for hydroxylation is 1. The molecule has 0 radical (unpaired) electrons. The third-order valence-electron chi connectivity index (χ3n) is 4.51. The Morgan fingerprint density at radius 1 is 0.963 bits per heavy atom. The quantitative estimate of drug-likeness (QED) is 0.528. The van der Waals surface area contributed by atoms with Gasteiger partial charge in [0, 0.05) is 5.56 Å². The fourth-order valence-electron chi connectivity index (χ4n) is 2.97. The van der Waals surface area contributed by atoms with Crippen molar-refractivity contribution >= 4 is 17.6 Å². The number of halogens is 1. The van der Waals surface area contributed by atoms with Gasteiger partial charge in [0.1, 0.15) is 11.4 Å². The van der Waals surface area contributed by atoms with Gasteiger partial charge >= 0.3 is 5.97 Å². The Balaban J connectivity index is 1.93. The molecule has 1 amide bonds. The van der Waals surface area contributed by atoms with E-state index >= 15 is 0 Å². The van der Waals surface area contributed by atoms with Crippen LogP contribution >= 0.6 is 0 Å². The van der Waals surface area contributed by atoms with Crippen molar-refractivity contribution < 1.29 is 19.1 Å². The Hall–Kier alpha value is -2.69. The van der Waals surface area contributed by atoms with Gasteiger partial charge in [-0.1, -0.05) is 57.2 Å². The van der Waals surface area contributed by atoms with Crippen molar-refractivity contribution in [2.75, 3.05) is 5.32 Å². The third-order valence-corrected chi connectivity index (χ3v) is 4.51. The minimum absolute atomic E-state index is 0.0522. The summed E-state index contributed by atoms with van der Waals surface area (Å²) in [4.78, 5) is 23.5. The predicted octanol–water partition coefficient (Wildman–Crippen LogP) is 5.68. The van der Waals surface area contributed by atoms with Crippen molar-refractivity contribution in [1.82, 2.24) is 0 Å². The summed E-state index contributed by atoms with van der Waals surface area (Å²) < 4.78 is 13.7. The molecule has 0 spiro atoms. The number of amides is 1. The first-order valence-electron chi connectivity index (χ1n) is 9.45. The van der Waals surface area contributed by atoms with E-state index in [0.29, 0.717) is 5.56 Å². The number of carbonyl (C=O) groups is 2. The van der Waals surface area contributed by atoms with E-state index in [1.54, 1.807) is 12.1 Å². The molecule has 0 aliphatic carbocycles. The summed E-state index contributed by atoms with van der Waals surface area (Å²) in [5, 5.41) is 11.6. The number of hydrogen-bond acceptors (Lipinski definition) is 2. The molecule has 2 aromatic carbocycles. The van der Waals surface area contributed by atoms with E-state index < -0.39 is 23.3 Å². The Morgan fingerprint density at radius 2 is 1.63 bits per heavy atom. The zero-order valence-electron chi connectivity index (χ0n) is 15.6. The fraction of sp³-hybridized carbons (Fsp3) is 0.364. The fourth-order valence-corrected chi connectivity index (χ4v) is 2.97. The van der Waals surface area contributed by atoms with Crippen LogP contribution < -0.4 is 5.32 Å². The molecule has 2 N–H and O–H groups in total. The Morgan fingerprint density at radius 3 is 2.30 bits per heavy atom. The average Bonchev–Trinajstić information content (AvgIpc) is 2.64. The first-order chi connectivity index (χ1) is 13.0. The van der Waals surface area contributed by atoms with Crippen LogP contribution in [0.5, 0.6) is 0 Å². The first-order valence-corrected chi connectivity index (χ1v) is 9.45. The van der Waals surface area contributed by atoms with E-state index in [1.807, 2.05) is 12.1 Å². The highest BCUT2D eigenvalue weighted by atomic mass is 19.1. The standard InChI is InChI=1S/C22H26FNO3/c1-2-3-4-5-6-7-9-16-12-14-17(15-13-16)21(25)24-19-11-8-10-18(23)20(19)22(26)27/h8,10-15H,2-7,9H2,1H3,(H,24,25)(H,26,27). The van der Waals surface area contributed by atoms with Gasteiger partial charge in [0.2, 0.25) is 0 Å². The number of rotatable bonds is 10. The van der Waals surface area contributed by atoms with Crippen molar-refractivity contribution in [1.29, 1.82) is 0 Å². The molecule has 0 saturated carbocycles. The first kappa shape index (κ1) is 20.6. The monoisotopic (exact) mass is 371 g/mol. The van der Waals surface area contributed by atoms with Crippen LogP contribution in [-0.4, -0.2) is 17.0 Å². The third kappa shape index (κ3) is 6.20. The van der Waals surface area contributed by atoms with Crippen molar-refractivity contribution in [3.63, 3.8) is 0 Å². The lowest BCUT2D eigenvalue weighted by Crippen LogP contribution is -2.15. The van der Waals surface area contributed by atoms with Gasteiger partial charge in [-0.15, -0.1) is 0 Å². The van der Waals surface area contributed by atoms with Crippen LogP contribution in [0.1, 0.15) is 71.7 Å². The number of carboxylic acid groups (broad SMARTS) is 1. The summed E-state index contributed by atoms with van der Waals surface area (Å²) >= 11 is 0. The Bertz CT molecular complexity index is 772. The Labute approximate surface area is 159 Å². The maximum absolute atomic E-state index is 13.7. The topological polar surface area (TPSA) is 66.4 Å². The van der Waals surface area contributed by atoms with Crippen LogP contribution in [0.25, 0.3) is 0 Å². The highest BCUT2D eigenvalue weighted by Gasteiger charge is 2.17. The van der Waals surface area contributed by atoms with Gasteiger partial charge in [0.15, 0.2) is 0 Å². The number of carboxylic acids is 1. The van der Waals surface area contributed by atoms with E-state index in [9.17, 15) is 14.0 Å². The lowest BCUT2D eigenvalue weighted by molar-refractivity contribution is 0.0693. The summed E-state index contributed by atoms with van der Waals surface area (Å²) in [6.07, 6.45) is 8.38. The molecule has 0 bridgehead atoms. The molecule has 0 fully saturated rings. The number of anilines is 1. The number of aromatic carboxylic acids is 1. The molecule has 27 heavy (non-hydrogen) atoms. The largest absolute Gasteiger partial charge is 0.478 e. The SMILES string of the molecule is CCCCCCCCc1ccc(C(=O)Nc2cccc(F)c2C(=O)O)cc1. The summed E-state index contributed by atoms with van der Waals surface area (Å²) in [6.45, 7) is 2.20. The number of hydrogen-bond donors (Lipinski definition) is 2. The zero-order valence-corrected chi connectivity index (χ0v) is 15.6. The molecule has 0 aromatic heterocycles. The van der Waals surface area contributed by atoms with Crippen molar-refractivity contribution in [2.24, 2.45) is 0 Å². The number of nitrogens with one attached hydrogen (secondary N) is 1. The normalized spacial score (nSPS) is 10.6. The van der Waals surface area contributed by atoms with Gasteiger partial charge in [-0.2, -0.15) is 0 Å². The summed E-state index contributed by atoms with van der Waals surface area (Å²) in [5.41, 5.74) is 0.982. The summed E-state index contributed by atoms with van der Waals surface area (Å²) in [7, 11) is 0. The van der Waals surface area contributed by atoms with Gasteiger partial charge in [0.25, 0.3) is 5.91 Å². The van der Waals surface area contributed by atoms with Gasteiger partial charge in [0.05, 0.1) is 5.69 Å². The van der Waals surface area contributed by atoms with Crippen LogP contribution in [0, 0.1) is 5.82 Å². The molecule has 0 aliphatic heterocycles. The molecule has 2 aromatic rings. The zero-order chi connectivity index (χ0) is 19.6. The molecule has 0 saturated heterocycles. The molecule has 0 aliphatic rings. The van der Waals surface area contributed by atoms with Crippen molar-refractivity contribution in [3.8, 4) is 0 Å². The molecule has 0 atom stereocenters. The van der Waals surface area contributed by atoms with Crippen LogP contribution in [0.3, 0.4) is 0 Å². The molecule has 5 heteroatoms. The van der Waals surface area contributed by atoms with Crippen LogP contribution in [-0.2, 0) is 6.42 Å². The molecule has 0 heterocycles. The molecule has 4 nitrogen and oxygen atoms in total. The van der Waals surface area contributed by atoms with E-state index in [1.165, 1.54) is 49.8 Å². The highest BCUT2D eigenvalue weighted by molar-refractivity contribution is 6.07. The van der Waals surface area contributed by atoms with Crippen LogP contribution in [0.2, 0.25) is 0 Å². The van der Waals surface area contributed by atoms with Gasteiger partial charge < -0.3 is 10.4 Å². The second-order valence-corrected chi connectivity index (χ2v) is 6.64. The summed E-state index contributed by atoms with van der Waals surface area (Å²) in [5.74, 6) is -2.76. The van der Waals surface area contributed by atoms with Gasteiger partial charge in [-0.05, 0) is 42.7 Å². The van der Waals surface area contributed by atoms with Crippen molar-refractivity contribution in [3.05, 3.63) is 65.0 Å². The predicted molar refractivity (Wildman–Crippen MR) is 105 cm³/mol. The van der Waals surface area contributed by atoms with E-state index in [0.717, 1.165) is 18.9 Å². The van der Waals surface area contributed by atoms with Gasteiger partial charge in [-0.25, -0.2) is 9.18 Å². The maximum atomic E-state index is 13.7. The number of carbonyl (C=O) groups excluding carboxylic acids is 1. The number of benzene rings is 2. The van der Waals surface area contributed by atoms with E-state index in [2.05, 4.69) is 12.2 Å². The second kappa shape index (κ2) is 10.5. The maximum Gasteiger partial charge on any atom is 0.340 e. The van der Waals surface area contributed by atoms with E-state index in [4.69, 9.17) is 5.11 Å². The minimum atomic E-state index is -1.42. The average molecular weight is 371 g/mol. The minimum Gasteiger partial charge on any atom is -0.478 e. The lowest BCUT2D eigenvalue weighted by Gasteiger charge is -2.09. The Kier molecular flexibility index (Phi) is 7.99. The van der Waals surface area contributed by atoms with Gasteiger partial charge in [-0.3, -0.25) is 4.79 Å². The van der Waals surface area contributed by atoms with Crippen LogP contribution in [0.4, 0.5) is 10.1 Å². The molecule has 2 rings (SSSR count).